The number of aromatic nitrogens is 4. The van der Waals surface area contributed by atoms with E-state index in [0.717, 1.165) is 67.1 Å². The number of nitrogens with one attached hydrogen (secondary N) is 1. The summed E-state index contributed by atoms with van der Waals surface area (Å²) in [4.78, 5) is 13.4. The SMILES string of the molecule is N#Cc1cnn2cc(C3=CCOCC3)cc(-c3ccc(N4CC5CC(C4)N5CC4C=Cc5[nH]ccc5C4)nc3)c12. The molecule has 8 heterocycles. The molecule has 0 spiro atoms. The maximum atomic E-state index is 9.75. The highest BCUT2D eigenvalue weighted by Crippen LogP contribution is 2.37. The van der Waals surface area contributed by atoms with Gasteiger partial charge in [-0.15, -0.1) is 0 Å². The fourth-order valence-corrected chi connectivity index (χ4v) is 7.02. The molecule has 3 atom stereocenters. The monoisotopic (exact) mass is 529 g/mol. The average molecular weight is 530 g/mol. The van der Waals surface area contributed by atoms with E-state index in [0.29, 0.717) is 30.2 Å². The largest absolute Gasteiger partial charge is 0.377 e. The van der Waals surface area contributed by atoms with Gasteiger partial charge < -0.3 is 14.6 Å². The Hall–Kier alpha value is -4.19. The van der Waals surface area contributed by atoms with E-state index in [1.54, 1.807) is 6.20 Å². The van der Waals surface area contributed by atoms with Crippen molar-refractivity contribution >= 4 is 23.0 Å². The van der Waals surface area contributed by atoms with Crippen molar-refractivity contribution in [2.24, 2.45) is 5.92 Å². The third-order valence-corrected chi connectivity index (χ3v) is 9.13. The molecule has 3 fully saturated rings. The number of ether oxygens (including phenoxy) is 1. The van der Waals surface area contributed by atoms with E-state index in [1.165, 1.54) is 23.3 Å². The molecule has 1 N–H and O–H groups in total. The third kappa shape index (κ3) is 3.96. The van der Waals surface area contributed by atoms with Crippen LogP contribution in [0.4, 0.5) is 5.82 Å². The number of anilines is 1. The van der Waals surface area contributed by atoms with E-state index < -0.39 is 0 Å². The van der Waals surface area contributed by atoms with Crippen LogP contribution in [0.3, 0.4) is 0 Å². The smallest absolute Gasteiger partial charge is 0.128 e. The number of hydrogen-bond acceptors (Lipinski definition) is 6. The molecule has 9 rings (SSSR count). The summed E-state index contributed by atoms with van der Waals surface area (Å²) >= 11 is 0. The van der Waals surface area contributed by atoms with Crippen molar-refractivity contribution in [3.8, 4) is 17.2 Å². The lowest BCUT2D eigenvalue weighted by Crippen LogP contribution is -2.69. The summed E-state index contributed by atoms with van der Waals surface area (Å²) in [5.41, 5.74) is 8.45. The molecular weight excluding hydrogens is 498 g/mol. The predicted octanol–water partition coefficient (Wildman–Crippen LogP) is 4.55. The first-order valence-electron chi connectivity index (χ1n) is 14.2. The minimum absolute atomic E-state index is 0.573. The van der Waals surface area contributed by atoms with Gasteiger partial charge in [-0.3, -0.25) is 4.90 Å². The molecule has 0 radical (unpaired) electrons. The number of nitrogens with zero attached hydrogens (tertiary/aromatic N) is 6. The van der Waals surface area contributed by atoms with E-state index in [-0.39, 0.29) is 0 Å². The Labute approximate surface area is 233 Å². The molecule has 0 aromatic carbocycles. The van der Waals surface area contributed by atoms with E-state index in [9.17, 15) is 5.26 Å². The molecule has 4 aliphatic heterocycles. The van der Waals surface area contributed by atoms with E-state index >= 15 is 0 Å². The van der Waals surface area contributed by atoms with Crippen molar-refractivity contribution in [2.45, 2.75) is 31.3 Å². The van der Waals surface area contributed by atoms with Crippen molar-refractivity contribution in [3.05, 3.63) is 83.6 Å². The summed E-state index contributed by atoms with van der Waals surface area (Å²) in [6.45, 7) is 4.52. The van der Waals surface area contributed by atoms with Crippen LogP contribution in [0.1, 0.15) is 35.2 Å². The van der Waals surface area contributed by atoms with Crippen LogP contribution in [-0.2, 0) is 11.2 Å². The summed E-state index contributed by atoms with van der Waals surface area (Å²) in [6, 6.07) is 12.2. The highest BCUT2D eigenvalue weighted by Gasteiger charge is 2.45. The highest BCUT2D eigenvalue weighted by atomic mass is 16.5. The van der Waals surface area contributed by atoms with Crippen molar-refractivity contribution in [1.29, 1.82) is 5.26 Å². The number of piperazine rings is 1. The van der Waals surface area contributed by atoms with E-state index in [4.69, 9.17) is 9.72 Å². The number of hydrogen-bond donors (Lipinski definition) is 1. The van der Waals surface area contributed by atoms with Crippen LogP contribution in [0, 0.1) is 17.2 Å². The molecule has 8 nitrogen and oxygen atoms in total. The second-order valence-corrected chi connectivity index (χ2v) is 11.5. The average Bonchev–Trinajstić information content (AvgIpc) is 3.66. The molecule has 2 bridgehead atoms. The fourth-order valence-electron chi connectivity index (χ4n) is 7.02. The highest BCUT2D eigenvalue weighted by molar-refractivity contribution is 5.87. The molecule has 3 saturated heterocycles. The van der Waals surface area contributed by atoms with Crippen molar-refractivity contribution in [2.75, 3.05) is 37.7 Å². The van der Waals surface area contributed by atoms with Crippen LogP contribution in [-0.4, -0.2) is 69.4 Å². The van der Waals surface area contributed by atoms with E-state index in [1.807, 2.05) is 23.1 Å². The van der Waals surface area contributed by atoms with E-state index in [2.05, 4.69) is 68.4 Å². The van der Waals surface area contributed by atoms with Crippen LogP contribution in [0.5, 0.6) is 0 Å². The number of nitriles is 1. The molecule has 200 valence electrons. The van der Waals surface area contributed by atoms with Gasteiger partial charge in [0.05, 0.1) is 30.5 Å². The normalized spacial score (nSPS) is 23.9. The lowest BCUT2D eigenvalue weighted by atomic mass is 9.84. The Morgan fingerprint density at radius 3 is 2.85 bits per heavy atom. The van der Waals surface area contributed by atoms with Gasteiger partial charge in [0.15, 0.2) is 0 Å². The molecule has 8 heteroatoms. The lowest BCUT2D eigenvalue weighted by Gasteiger charge is -2.57. The predicted molar refractivity (Wildman–Crippen MR) is 155 cm³/mol. The van der Waals surface area contributed by atoms with Gasteiger partial charge in [0.2, 0.25) is 0 Å². The van der Waals surface area contributed by atoms with Gasteiger partial charge in [-0.05, 0) is 72.2 Å². The van der Waals surface area contributed by atoms with Crippen LogP contribution >= 0.6 is 0 Å². The first-order chi connectivity index (χ1) is 19.7. The minimum Gasteiger partial charge on any atom is -0.377 e. The number of pyridine rings is 2. The minimum atomic E-state index is 0.573. The van der Waals surface area contributed by atoms with Gasteiger partial charge >= 0.3 is 0 Å². The summed E-state index contributed by atoms with van der Waals surface area (Å²) < 4.78 is 7.35. The zero-order valence-electron chi connectivity index (χ0n) is 22.3. The Kier molecular flexibility index (Phi) is 5.61. The molecule has 0 saturated carbocycles. The Morgan fingerprint density at radius 1 is 1.12 bits per heavy atom. The first kappa shape index (κ1) is 23.7. The molecule has 1 aliphatic carbocycles. The lowest BCUT2D eigenvalue weighted by molar-refractivity contribution is -0.00904. The third-order valence-electron chi connectivity index (χ3n) is 9.13. The van der Waals surface area contributed by atoms with Gasteiger partial charge in [-0.25, -0.2) is 9.50 Å². The van der Waals surface area contributed by atoms with Gasteiger partial charge in [0, 0.05) is 67.1 Å². The number of aromatic amines is 1. The van der Waals surface area contributed by atoms with Crippen molar-refractivity contribution < 1.29 is 4.74 Å². The fraction of sp³-hybridized carbons (Fsp3) is 0.344. The van der Waals surface area contributed by atoms with Gasteiger partial charge in [0.25, 0.3) is 0 Å². The number of H-pyrrole nitrogens is 1. The molecule has 4 aromatic rings. The van der Waals surface area contributed by atoms with Crippen molar-refractivity contribution in [1.82, 2.24) is 24.5 Å². The maximum absolute atomic E-state index is 9.75. The molecule has 40 heavy (non-hydrogen) atoms. The van der Waals surface area contributed by atoms with Crippen molar-refractivity contribution in [3.63, 3.8) is 0 Å². The summed E-state index contributed by atoms with van der Waals surface area (Å²) in [5, 5.41) is 14.2. The Morgan fingerprint density at radius 2 is 2.05 bits per heavy atom. The molecular formula is C32H31N7O. The van der Waals surface area contributed by atoms with Crippen LogP contribution in [0.2, 0.25) is 0 Å². The maximum Gasteiger partial charge on any atom is 0.128 e. The Balaban J connectivity index is 1.01. The number of fused-ring (bicyclic) bond motifs is 4. The molecule has 4 aromatic heterocycles. The number of rotatable bonds is 5. The summed E-state index contributed by atoms with van der Waals surface area (Å²) in [6.07, 6.45) is 17.7. The number of piperidine rings is 1. The molecule has 0 amide bonds. The topological polar surface area (TPSA) is 85.5 Å². The Bertz CT molecular complexity index is 1680. The second kappa shape index (κ2) is 9.47. The van der Waals surface area contributed by atoms with Crippen LogP contribution < -0.4 is 4.90 Å². The molecule has 5 aliphatic rings. The van der Waals surface area contributed by atoms with Gasteiger partial charge in [-0.2, -0.15) is 10.4 Å². The van der Waals surface area contributed by atoms with Gasteiger partial charge in [-0.1, -0.05) is 12.2 Å². The second-order valence-electron chi connectivity index (χ2n) is 11.5. The van der Waals surface area contributed by atoms with Gasteiger partial charge in [0.1, 0.15) is 11.9 Å². The van der Waals surface area contributed by atoms with Crippen LogP contribution in [0.25, 0.3) is 28.3 Å². The standard InChI is InChI=1S/C32H31N7O/c33-14-26-16-36-39-18-25(22-6-9-40-10-7-22)12-29(32(26)39)24-2-4-31(35-15-24)37-19-27-13-28(20-37)38(27)17-21-1-3-30-23(11-21)5-8-34-30/h1-6,8,12,15-16,18,21,27-28,34H,7,9-11,13,17,19-20H2. The first-order valence-corrected chi connectivity index (χ1v) is 14.2. The molecule has 3 unspecified atom stereocenters. The quantitative estimate of drug-likeness (QED) is 0.408. The van der Waals surface area contributed by atoms with Crippen LogP contribution in [0.15, 0.2) is 61.2 Å². The summed E-state index contributed by atoms with van der Waals surface area (Å²) in [7, 11) is 0. The zero-order valence-corrected chi connectivity index (χ0v) is 22.3. The zero-order chi connectivity index (χ0) is 26.6. The summed E-state index contributed by atoms with van der Waals surface area (Å²) in [5.74, 6) is 1.62.